The van der Waals surface area contributed by atoms with Crippen LogP contribution in [0.1, 0.15) is 19.8 Å². The van der Waals surface area contributed by atoms with Gasteiger partial charge >= 0.3 is 0 Å². The Labute approximate surface area is 224 Å². The lowest BCUT2D eigenvalue weighted by Crippen LogP contribution is -2.48. The maximum Gasteiger partial charge on any atom is 0.243 e. The number of unbranched alkanes of at least 4 members (excludes halogenated alkanes) is 1. The van der Waals surface area contributed by atoms with Gasteiger partial charge < -0.3 is 23.8 Å². The van der Waals surface area contributed by atoms with Gasteiger partial charge in [-0.1, -0.05) is 13.3 Å². The van der Waals surface area contributed by atoms with E-state index in [0.717, 1.165) is 18.4 Å². The summed E-state index contributed by atoms with van der Waals surface area (Å²) in [5.41, 5.74) is 1.42. The third-order valence-electron chi connectivity index (χ3n) is 6.40. The van der Waals surface area contributed by atoms with Gasteiger partial charge in [0.05, 0.1) is 38.5 Å². The van der Waals surface area contributed by atoms with Gasteiger partial charge in [0.25, 0.3) is 0 Å². The van der Waals surface area contributed by atoms with Crippen LogP contribution in [0.2, 0.25) is 0 Å². The predicted molar refractivity (Wildman–Crippen MR) is 145 cm³/mol. The standard InChI is InChI=1S/C27H34N4O6S/c1-5-6-17-37-21-7-9-22(10-8-21)38(32,33)31-15-13-30(14-16-31)26-12-11-23(28-29-26)20-18-24(34-2)27(36-4)25(19-20)35-3/h7-12,18-19H,5-6,13-17H2,1-4H3. The lowest BCUT2D eigenvalue weighted by atomic mass is 10.1. The summed E-state index contributed by atoms with van der Waals surface area (Å²) in [5.74, 6) is 2.93. The first-order valence-electron chi connectivity index (χ1n) is 12.5. The van der Waals surface area contributed by atoms with E-state index < -0.39 is 10.0 Å². The average Bonchev–Trinajstić information content (AvgIpc) is 2.97. The van der Waals surface area contributed by atoms with Crippen LogP contribution in [0.25, 0.3) is 11.3 Å². The molecule has 0 N–H and O–H groups in total. The molecular formula is C27H34N4O6S. The minimum Gasteiger partial charge on any atom is -0.494 e. The normalized spacial score (nSPS) is 14.3. The Morgan fingerprint density at radius 1 is 0.842 bits per heavy atom. The Hall–Kier alpha value is -3.57. The summed E-state index contributed by atoms with van der Waals surface area (Å²) in [4.78, 5) is 2.30. The fourth-order valence-corrected chi connectivity index (χ4v) is 5.65. The first-order valence-corrected chi connectivity index (χ1v) is 14.0. The lowest BCUT2D eigenvalue weighted by Gasteiger charge is -2.34. The number of nitrogens with zero attached hydrogens (tertiary/aromatic N) is 4. The molecule has 2 aromatic carbocycles. The third-order valence-corrected chi connectivity index (χ3v) is 8.31. The molecule has 11 heteroatoms. The highest BCUT2D eigenvalue weighted by Crippen LogP contribution is 2.40. The summed E-state index contributed by atoms with van der Waals surface area (Å²) in [5, 5.41) is 8.79. The fourth-order valence-electron chi connectivity index (χ4n) is 4.23. The molecule has 0 saturated carbocycles. The second kappa shape index (κ2) is 12.3. The van der Waals surface area contributed by atoms with Crippen LogP contribution < -0.4 is 23.8 Å². The van der Waals surface area contributed by atoms with Crippen molar-refractivity contribution in [3.8, 4) is 34.3 Å². The Kier molecular flexibility index (Phi) is 8.90. The molecule has 38 heavy (non-hydrogen) atoms. The topological polar surface area (TPSA) is 103 Å². The summed E-state index contributed by atoms with van der Waals surface area (Å²) in [6.07, 6.45) is 2.00. The molecule has 0 spiro atoms. The molecule has 1 aliphatic rings. The molecule has 1 aliphatic heterocycles. The zero-order chi connectivity index (χ0) is 27.1. The van der Waals surface area contributed by atoms with Crippen molar-refractivity contribution in [2.45, 2.75) is 24.7 Å². The van der Waals surface area contributed by atoms with E-state index in [1.54, 1.807) is 45.6 Å². The maximum absolute atomic E-state index is 13.2. The summed E-state index contributed by atoms with van der Waals surface area (Å²) in [6.45, 7) is 4.45. The zero-order valence-corrected chi connectivity index (χ0v) is 23.0. The minimum atomic E-state index is -3.59. The van der Waals surface area contributed by atoms with Crippen molar-refractivity contribution in [1.29, 1.82) is 0 Å². The number of rotatable bonds is 11. The van der Waals surface area contributed by atoms with Crippen molar-refractivity contribution >= 4 is 15.8 Å². The molecule has 0 bridgehead atoms. The monoisotopic (exact) mass is 542 g/mol. The van der Waals surface area contributed by atoms with Crippen LogP contribution in [-0.4, -0.2) is 77.0 Å². The van der Waals surface area contributed by atoms with Crippen LogP contribution in [-0.2, 0) is 10.0 Å². The maximum atomic E-state index is 13.2. The van der Waals surface area contributed by atoms with Crippen molar-refractivity contribution in [3.63, 3.8) is 0 Å². The van der Waals surface area contributed by atoms with E-state index in [2.05, 4.69) is 17.1 Å². The molecule has 4 rings (SSSR count). The van der Waals surface area contributed by atoms with Crippen molar-refractivity contribution < 1.29 is 27.4 Å². The molecule has 204 valence electrons. The van der Waals surface area contributed by atoms with Crippen LogP contribution in [0.5, 0.6) is 23.0 Å². The number of benzene rings is 2. The van der Waals surface area contributed by atoms with E-state index in [1.165, 1.54) is 4.31 Å². The summed E-state index contributed by atoms with van der Waals surface area (Å²) in [6, 6.07) is 14.0. The van der Waals surface area contributed by atoms with E-state index in [0.29, 0.717) is 67.3 Å². The van der Waals surface area contributed by atoms with Crippen LogP contribution in [0.15, 0.2) is 53.4 Å². The Balaban J connectivity index is 1.40. The lowest BCUT2D eigenvalue weighted by molar-refractivity contribution is 0.309. The van der Waals surface area contributed by atoms with Crippen molar-refractivity contribution in [2.24, 2.45) is 0 Å². The highest BCUT2D eigenvalue weighted by atomic mass is 32.2. The summed E-state index contributed by atoms with van der Waals surface area (Å²) < 4.78 is 49.7. The molecule has 0 amide bonds. The van der Waals surface area contributed by atoms with Crippen molar-refractivity contribution in [3.05, 3.63) is 48.5 Å². The average molecular weight is 543 g/mol. The van der Waals surface area contributed by atoms with Gasteiger partial charge in [0.2, 0.25) is 15.8 Å². The molecule has 2 heterocycles. The number of anilines is 1. The quantitative estimate of drug-likeness (QED) is 0.334. The van der Waals surface area contributed by atoms with Gasteiger partial charge in [-0.15, -0.1) is 10.2 Å². The molecule has 0 aliphatic carbocycles. The smallest absolute Gasteiger partial charge is 0.243 e. The van der Waals surface area contributed by atoms with Crippen LogP contribution in [0.3, 0.4) is 0 Å². The third kappa shape index (κ3) is 5.94. The first kappa shape index (κ1) is 27.5. The van der Waals surface area contributed by atoms with Crippen LogP contribution in [0.4, 0.5) is 5.82 Å². The van der Waals surface area contributed by atoms with Gasteiger partial charge in [0.15, 0.2) is 17.3 Å². The van der Waals surface area contributed by atoms with E-state index in [9.17, 15) is 8.42 Å². The zero-order valence-electron chi connectivity index (χ0n) is 22.2. The Morgan fingerprint density at radius 3 is 2.03 bits per heavy atom. The number of ether oxygens (including phenoxy) is 4. The van der Waals surface area contributed by atoms with E-state index in [4.69, 9.17) is 18.9 Å². The van der Waals surface area contributed by atoms with E-state index in [-0.39, 0.29) is 4.90 Å². The number of piperazine rings is 1. The Bertz CT molecular complexity index is 1280. The largest absolute Gasteiger partial charge is 0.494 e. The highest BCUT2D eigenvalue weighted by molar-refractivity contribution is 7.89. The molecule has 1 aromatic heterocycles. The Morgan fingerprint density at radius 2 is 1.50 bits per heavy atom. The van der Waals surface area contributed by atoms with E-state index >= 15 is 0 Å². The number of aromatic nitrogens is 2. The van der Waals surface area contributed by atoms with Gasteiger partial charge in [0, 0.05) is 31.7 Å². The van der Waals surface area contributed by atoms with Crippen molar-refractivity contribution in [2.75, 3.05) is 59.0 Å². The SMILES string of the molecule is CCCCOc1ccc(S(=O)(=O)N2CCN(c3ccc(-c4cc(OC)c(OC)c(OC)c4)nn3)CC2)cc1. The van der Waals surface area contributed by atoms with Gasteiger partial charge in [-0.2, -0.15) is 4.31 Å². The molecule has 3 aromatic rings. The number of hydrogen-bond acceptors (Lipinski definition) is 9. The van der Waals surface area contributed by atoms with Gasteiger partial charge in [-0.3, -0.25) is 0 Å². The van der Waals surface area contributed by atoms with E-state index in [1.807, 2.05) is 29.2 Å². The molecule has 1 saturated heterocycles. The molecule has 0 atom stereocenters. The van der Waals surface area contributed by atoms with Gasteiger partial charge in [0.1, 0.15) is 5.75 Å². The van der Waals surface area contributed by atoms with Crippen LogP contribution in [0, 0.1) is 0 Å². The first-order chi connectivity index (χ1) is 18.4. The highest BCUT2D eigenvalue weighted by Gasteiger charge is 2.29. The molecule has 10 nitrogen and oxygen atoms in total. The minimum absolute atomic E-state index is 0.267. The van der Waals surface area contributed by atoms with Gasteiger partial charge in [-0.25, -0.2) is 8.42 Å². The molecule has 0 unspecified atom stereocenters. The number of methoxy groups -OCH3 is 3. The van der Waals surface area contributed by atoms with Crippen molar-refractivity contribution in [1.82, 2.24) is 14.5 Å². The van der Waals surface area contributed by atoms with Gasteiger partial charge in [-0.05, 0) is 55.0 Å². The molecule has 0 radical (unpaired) electrons. The molecular weight excluding hydrogens is 508 g/mol. The fraction of sp³-hybridized carbons (Fsp3) is 0.407. The second-order valence-electron chi connectivity index (χ2n) is 8.76. The molecule has 1 fully saturated rings. The summed E-state index contributed by atoms with van der Waals surface area (Å²) in [7, 11) is 1.09. The number of hydrogen-bond donors (Lipinski definition) is 0. The second-order valence-corrected chi connectivity index (χ2v) is 10.7. The summed E-state index contributed by atoms with van der Waals surface area (Å²) >= 11 is 0. The van der Waals surface area contributed by atoms with Crippen LogP contribution >= 0.6 is 0 Å². The number of sulfonamides is 1. The predicted octanol–water partition coefficient (Wildman–Crippen LogP) is 3.86.